The lowest BCUT2D eigenvalue weighted by atomic mass is 9.67. The number of fused-ring (bicyclic) bond motifs is 4. The largest absolute Gasteiger partial charge is 0.393 e. The van der Waals surface area contributed by atoms with Crippen LogP contribution in [0.15, 0.2) is 11.6 Å². The molecule has 2 aliphatic heterocycles. The van der Waals surface area contributed by atoms with Crippen molar-refractivity contribution in [3.63, 3.8) is 0 Å². The average Bonchev–Trinajstić information content (AvgIpc) is 3.10. The Kier molecular flexibility index (Phi) is 4.75. The number of carbonyl (C=O) groups is 2. The summed E-state index contributed by atoms with van der Waals surface area (Å²) in [5.41, 5.74) is 1.30. The van der Waals surface area contributed by atoms with Crippen molar-refractivity contribution in [2.75, 3.05) is 6.61 Å². The highest BCUT2D eigenvalue weighted by atomic mass is 16.6. The zero-order valence-corrected chi connectivity index (χ0v) is 14.4. The van der Waals surface area contributed by atoms with Crippen LogP contribution in [0.1, 0.15) is 64.2 Å². The Morgan fingerprint density at radius 2 is 1.50 bits per heavy atom. The van der Waals surface area contributed by atoms with Crippen molar-refractivity contribution in [3.8, 4) is 0 Å². The van der Waals surface area contributed by atoms with Gasteiger partial charge in [-0.2, -0.15) is 0 Å². The van der Waals surface area contributed by atoms with Crippen molar-refractivity contribution in [2.24, 2.45) is 23.7 Å². The zero-order valence-electron chi connectivity index (χ0n) is 14.4. The molecule has 0 N–H and O–H groups in total. The van der Waals surface area contributed by atoms with Crippen LogP contribution in [0.5, 0.6) is 0 Å². The van der Waals surface area contributed by atoms with E-state index < -0.39 is 0 Å². The smallest absolute Gasteiger partial charge is 0.318 e. The fraction of sp³-hybridized carbons (Fsp3) is 0.800. The van der Waals surface area contributed by atoms with Gasteiger partial charge in [0.2, 0.25) is 0 Å². The van der Waals surface area contributed by atoms with E-state index in [4.69, 9.17) is 9.47 Å². The summed E-state index contributed by atoms with van der Waals surface area (Å²) >= 11 is 0. The molecule has 4 nitrogen and oxygen atoms in total. The van der Waals surface area contributed by atoms with Gasteiger partial charge in [-0.1, -0.05) is 44.6 Å². The lowest BCUT2D eigenvalue weighted by molar-refractivity contribution is -0.154. The van der Waals surface area contributed by atoms with Crippen LogP contribution in [0.3, 0.4) is 0 Å². The maximum atomic E-state index is 12.3. The maximum absolute atomic E-state index is 12.3. The molecule has 132 valence electrons. The minimum Gasteiger partial charge on any atom is -0.393 e. The van der Waals surface area contributed by atoms with Crippen molar-refractivity contribution >= 4 is 11.9 Å². The summed E-state index contributed by atoms with van der Waals surface area (Å²) in [7, 11) is 0. The lowest BCUT2D eigenvalue weighted by Crippen LogP contribution is -2.36. The second-order valence-electron chi connectivity index (χ2n) is 7.93. The predicted octanol–water partition coefficient (Wildman–Crippen LogP) is 3.79. The average molecular weight is 332 g/mol. The molecule has 4 rings (SSSR count). The molecule has 2 fully saturated rings. The molecule has 2 heterocycles. The minimum atomic E-state index is -0.285. The van der Waals surface area contributed by atoms with Gasteiger partial charge in [-0.05, 0) is 43.1 Å². The number of hydrogen-bond donors (Lipinski definition) is 0. The second-order valence-corrected chi connectivity index (χ2v) is 7.93. The topological polar surface area (TPSA) is 52.6 Å². The lowest BCUT2D eigenvalue weighted by Gasteiger charge is -2.33. The Hall–Kier alpha value is -1.16. The fourth-order valence-corrected chi connectivity index (χ4v) is 5.29. The van der Waals surface area contributed by atoms with Gasteiger partial charge in [-0.3, -0.25) is 9.59 Å². The van der Waals surface area contributed by atoms with Crippen LogP contribution in [0, 0.1) is 23.7 Å². The van der Waals surface area contributed by atoms with E-state index in [2.05, 4.69) is 6.08 Å². The van der Waals surface area contributed by atoms with E-state index in [0.29, 0.717) is 0 Å². The summed E-state index contributed by atoms with van der Waals surface area (Å²) in [6.07, 6.45) is 14.0. The molecule has 0 aromatic rings. The van der Waals surface area contributed by atoms with Gasteiger partial charge in [0, 0.05) is 6.61 Å². The van der Waals surface area contributed by atoms with E-state index in [1.54, 1.807) is 0 Å². The quantitative estimate of drug-likeness (QED) is 0.385. The first kappa shape index (κ1) is 16.3. The van der Waals surface area contributed by atoms with Crippen LogP contribution in [0.2, 0.25) is 0 Å². The molecule has 24 heavy (non-hydrogen) atoms. The van der Waals surface area contributed by atoms with E-state index in [0.717, 1.165) is 38.7 Å². The molecule has 0 aromatic carbocycles. The normalized spacial score (nSPS) is 40.5. The molecular weight excluding hydrogens is 304 g/mol. The molecule has 0 aromatic heterocycles. The van der Waals surface area contributed by atoms with Gasteiger partial charge in [0.15, 0.2) is 0 Å². The Labute approximate surface area is 144 Å². The summed E-state index contributed by atoms with van der Waals surface area (Å²) in [5.74, 6) is -0.722. The highest BCUT2D eigenvalue weighted by Crippen LogP contribution is 2.51. The Morgan fingerprint density at radius 3 is 2.33 bits per heavy atom. The Balaban J connectivity index is 1.60. The SMILES string of the molecule is O=C1OC(=O)[C@H]2[C@@H]1[C@@H]1C=C3[C@H]2CC[C@H]3OCCCCCCCCC1. The van der Waals surface area contributed by atoms with Gasteiger partial charge in [-0.15, -0.1) is 0 Å². The third-order valence-corrected chi connectivity index (χ3v) is 6.47. The van der Waals surface area contributed by atoms with E-state index >= 15 is 0 Å². The molecule has 0 amide bonds. The van der Waals surface area contributed by atoms with Gasteiger partial charge in [0.1, 0.15) is 0 Å². The summed E-state index contributed by atoms with van der Waals surface area (Å²) in [5, 5.41) is 0. The molecule has 0 spiro atoms. The standard InChI is InChI=1S/C20H28O4/c21-19-17-13-8-6-4-2-1-3-5-7-11-23-16-10-9-14(15(16)12-13)18(17)20(22)24-19/h12-14,16-18H,1-11H2/t13-,14+,16+,17-,18+/m0/s1. The molecule has 0 radical (unpaired) electrons. The molecule has 5 atom stereocenters. The van der Waals surface area contributed by atoms with E-state index in [-0.39, 0.29) is 41.7 Å². The van der Waals surface area contributed by atoms with Crippen molar-refractivity contribution in [1.82, 2.24) is 0 Å². The molecule has 2 bridgehead atoms. The minimum absolute atomic E-state index is 0.157. The van der Waals surface area contributed by atoms with Crippen LogP contribution in [0.25, 0.3) is 0 Å². The van der Waals surface area contributed by atoms with E-state index in [1.807, 2.05) is 0 Å². The molecular formula is C20H28O4. The van der Waals surface area contributed by atoms with Crippen LogP contribution in [-0.2, 0) is 19.1 Å². The summed E-state index contributed by atoms with van der Waals surface area (Å²) < 4.78 is 11.2. The molecule has 4 heteroatoms. The van der Waals surface area contributed by atoms with Crippen LogP contribution < -0.4 is 0 Å². The predicted molar refractivity (Wildman–Crippen MR) is 89.1 cm³/mol. The number of rotatable bonds is 0. The van der Waals surface area contributed by atoms with Gasteiger partial charge < -0.3 is 9.47 Å². The Bertz CT molecular complexity index is 538. The van der Waals surface area contributed by atoms with Crippen LogP contribution in [-0.4, -0.2) is 24.6 Å². The third kappa shape index (κ3) is 2.94. The highest BCUT2D eigenvalue weighted by molar-refractivity contribution is 5.97. The van der Waals surface area contributed by atoms with Crippen molar-refractivity contribution in [2.45, 2.75) is 70.3 Å². The van der Waals surface area contributed by atoms with Crippen LogP contribution >= 0.6 is 0 Å². The summed E-state index contributed by atoms with van der Waals surface area (Å²) in [6.45, 7) is 0.816. The second kappa shape index (κ2) is 6.99. The van der Waals surface area contributed by atoms with Gasteiger partial charge in [0.05, 0.1) is 17.9 Å². The zero-order chi connectivity index (χ0) is 16.5. The fourth-order valence-electron chi connectivity index (χ4n) is 5.29. The molecule has 4 aliphatic rings. The maximum Gasteiger partial charge on any atom is 0.318 e. The van der Waals surface area contributed by atoms with Gasteiger partial charge in [-0.25, -0.2) is 0 Å². The summed E-state index contributed by atoms with van der Waals surface area (Å²) in [6, 6.07) is 0. The molecule has 1 saturated heterocycles. The van der Waals surface area contributed by atoms with E-state index in [9.17, 15) is 9.59 Å². The summed E-state index contributed by atoms with van der Waals surface area (Å²) in [4.78, 5) is 24.6. The monoisotopic (exact) mass is 332 g/mol. The first-order valence-corrected chi connectivity index (χ1v) is 9.84. The van der Waals surface area contributed by atoms with E-state index in [1.165, 1.54) is 37.7 Å². The number of esters is 2. The molecule has 2 aliphatic carbocycles. The third-order valence-electron chi connectivity index (χ3n) is 6.47. The van der Waals surface area contributed by atoms with Gasteiger partial charge in [0.25, 0.3) is 0 Å². The first-order chi connectivity index (χ1) is 11.8. The van der Waals surface area contributed by atoms with Crippen LogP contribution in [0.4, 0.5) is 0 Å². The molecule has 1 saturated carbocycles. The first-order valence-electron chi connectivity index (χ1n) is 9.84. The van der Waals surface area contributed by atoms with Gasteiger partial charge >= 0.3 is 11.9 Å². The highest BCUT2D eigenvalue weighted by Gasteiger charge is 2.56. The number of carbonyl (C=O) groups excluding carboxylic acids is 2. The number of hydrogen-bond acceptors (Lipinski definition) is 4. The van der Waals surface area contributed by atoms with Crippen molar-refractivity contribution in [3.05, 3.63) is 11.6 Å². The Morgan fingerprint density at radius 1 is 0.792 bits per heavy atom. The number of ether oxygens (including phenoxy) is 2. The van der Waals surface area contributed by atoms with Crippen molar-refractivity contribution in [1.29, 1.82) is 0 Å². The number of allylic oxidation sites excluding steroid dienone is 1. The molecule has 0 unspecified atom stereocenters. The van der Waals surface area contributed by atoms with Crippen molar-refractivity contribution < 1.29 is 19.1 Å². The number of cyclic esters (lactones) is 2.